The molecule has 3 atom stereocenters. The van der Waals surface area contributed by atoms with E-state index in [9.17, 15) is 0 Å². The first-order valence-corrected chi connectivity index (χ1v) is 11.7. The molecule has 0 amide bonds. The van der Waals surface area contributed by atoms with Crippen LogP contribution in [0.4, 0.5) is 5.69 Å². The third-order valence-corrected chi connectivity index (χ3v) is 6.60. The van der Waals surface area contributed by atoms with E-state index in [1.807, 2.05) is 12.1 Å². The van der Waals surface area contributed by atoms with Crippen LogP contribution in [0.5, 0.6) is 0 Å². The Balaban J connectivity index is 1.72. The van der Waals surface area contributed by atoms with Crippen molar-refractivity contribution in [1.29, 1.82) is 0 Å². The van der Waals surface area contributed by atoms with Crippen LogP contribution < -0.4 is 0 Å². The van der Waals surface area contributed by atoms with Gasteiger partial charge in [-0.05, 0) is 53.4 Å². The maximum absolute atomic E-state index is 6.46. The summed E-state index contributed by atoms with van der Waals surface area (Å²) >= 11 is 1.68. The lowest BCUT2D eigenvalue weighted by Crippen LogP contribution is -2.30. The minimum Gasteiger partial charge on any atom is -0.469 e. The fourth-order valence-corrected chi connectivity index (χ4v) is 4.48. The van der Waals surface area contributed by atoms with Crippen LogP contribution in [0, 0.1) is 11.8 Å². The van der Waals surface area contributed by atoms with Crippen molar-refractivity contribution in [2.75, 3.05) is 0 Å². The van der Waals surface area contributed by atoms with Crippen molar-refractivity contribution in [3.05, 3.63) is 59.9 Å². The summed E-state index contributed by atoms with van der Waals surface area (Å²) in [4.78, 5) is 8.97. The summed E-state index contributed by atoms with van der Waals surface area (Å²) in [5, 5.41) is 0.754. The summed E-state index contributed by atoms with van der Waals surface area (Å²) in [5.41, 5.74) is 3.66. The standard InChI is InChI=1S/C25H34N2OS/c1-18-8-9-19(2)23(15-18)28-24(27-22-7-6-14-26-16-22)29-17-20-10-12-21(13-11-20)25(3,4)5/h6-7,10-14,16,18-19,23H,8-9,15,17H2,1-5H3. The van der Waals surface area contributed by atoms with Gasteiger partial charge in [-0.2, -0.15) is 0 Å². The van der Waals surface area contributed by atoms with E-state index in [1.165, 1.54) is 24.0 Å². The second-order valence-electron chi connectivity index (χ2n) is 9.38. The fraction of sp³-hybridized carbons (Fsp3) is 0.520. The quantitative estimate of drug-likeness (QED) is 0.397. The molecule has 1 aliphatic rings. The molecule has 3 unspecified atom stereocenters. The van der Waals surface area contributed by atoms with E-state index < -0.39 is 0 Å². The molecule has 3 rings (SSSR count). The van der Waals surface area contributed by atoms with Crippen LogP contribution in [0.2, 0.25) is 0 Å². The van der Waals surface area contributed by atoms with Crippen molar-refractivity contribution in [3.63, 3.8) is 0 Å². The van der Waals surface area contributed by atoms with Gasteiger partial charge in [-0.1, -0.05) is 77.1 Å². The molecule has 0 bridgehead atoms. The third kappa shape index (κ3) is 6.60. The molecule has 0 N–H and O–H groups in total. The van der Waals surface area contributed by atoms with Gasteiger partial charge >= 0.3 is 0 Å². The van der Waals surface area contributed by atoms with Crippen molar-refractivity contribution < 1.29 is 4.74 Å². The molecule has 1 aromatic heterocycles. The molecule has 156 valence electrons. The molecule has 2 aromatic rings. The topological polar surface area (TPSA) is 34.5 Å². The monoisotopic (exact) mass is 410 g/mol. The lowest BCUT2D eigenvalue weighted by atomic mass is 9.82. The number of rotatable bonds is 4. The highest BCUT2D eigenvalue weighted by atomic mass is 32.2. The maximum Gasteiger partial charge on any atom is 0.251 e. The molecule has 1 saturated carbocycles. The molecule has 29 heavy (non-hydrogen) atoms. The van der Waals surface area contributed by atoms with Crippen molar-refractivity contribution in [2.45, 2.75) is 71.2 Å². The summed E-state index contributed by atoms with van der Waals surface area (Å²) in [6.45, 7) is 11.4. The normalized spacial score (nSPS) is 23.1. The first-order chi connectivity index (χ1) is 13.8. The Kier molecular flexibility index (Phi) is 7.39. The number of benzene rings is 1. The largest absolute Gasteiger partial charge is 0.469 e. The van der Waals surface area contributed by atoms with Gasteiger partial charge in [0, 0.05) is 11.9 Å². The Morgan fingerprint density at radius 3 is 2.55 bits per heavy atom. The minimum absolute atomic E-state index is 0.176. The zero-order chi connectivity index (χ0) is 20.9. The van der Waals surface area contributed by atoms with Gasteiger partial charge in [0.15, 0.2) is 0 Å². The summed E-state index contributed by atoms with van der Waals surface area (Å²) in [5.74, 6) is 2.13. The van der Waals surface area contributed by atoms with Gasteiger partial charge in [-0.25, -0.2) is 4.99 Å². The highest BCUT2D eigenvalue weighted by Gasteiger charge is 2.28. The van der Waals surface area contributed by atoms with E-state index in [2.05, 4.69) is 63.9 Å². The Bertz CT molecular complexity index is 796. The molecule has 0 spiro atoms. The summed E-state index contributed by atoms with van der Waals surface area (Å²) in [6.07, 6.45) is 7.43. The van der Waals surface area contributed by atoms with Crippen LogP contribution in [-0.2, 0) is 15.9 Å². The number of hydrogen-bond acceptors (Lipinski definition) is 4. The predicted molar refractivity (Wildman–Crippen MR) is 125 cm³/mol. The van der Waals surface area contributed by atoms with Crippen molar-refractivity contribution in [3.8, 4) is 0 Å². The van der Waals surface area contributed by atoms with Crippen LogP contribution >= 0.6 is 11.8 Å². The second kappa shape index (κ2) is 9.80. The highest BCUT2D eigenvalue weighted by molar-refractivity contribution is 8.12. The molecule has 1 aliphatic carbocycles. The molecule has 1 aromatic carbocycles. The van der Waals surface area contributed by atoms with Gasteiger partial charge in [0.25, 0.3) is 5.23 Å². The first kappa shape index (κ1) is 21.9. The van der Waals surface area contributed by atoms with Crippen molar-refractivity contribution in [1.82, 2.24) is 4.98 Å². The number of pyridine rings is 1. The molecular formula is C25H34N2OS. The molecular weight excluding hydrogens is 376 g/mol. The molecule has 1 fully saturated rings. The van der Waals surface area contributed by atoms with Crippen LogP contribution in [0.25, 0.3) is 0 Å². The maximum atomic E-state index is 6.46. The number of hydrogen-bond donors (Lipinski definition) is 0. The Labute approximate surface area is 180 Å². The van der Waals surface area contributed by atoms with E-state index in [4.69, 9.17) is 9.73 Å². The van der Waals surface area contributed by atoms with Crippen molar-refractivity contribution in [2.24, 2.45) is 16.8 Å². The molecule has 4 heteroatoms. The summed E-state index contributed by atoms with van der Waals surface area (Å²) < 4.78 is 6.46. The number of thioether (sulfide) groups is 1. The van der Waals surface area contributed by atoms with E-state index in [1.54, 1.807) is 24.2 Å². The molecule has 1 heterocycles. The van der Waals surface area contributed by atoms with Gasteiger partial charge in [0.1, 0.15) is 6.10 Å². The number of nitrogens with zero attached hydrogens (tertiary/aromatic N) is 2. The second-order valence-corrected chi connectivity index (χ2v) is 10.3. The van der Waals surface area contributed by atoms with Gasteiger partial charge < -0.3 is 4.74 Å². The first-order valence-electron chi connectivity index (χ1n) is 10.7. The van der Waals surface area contributed by atoms with Crippen LogP contribution in [0.3, 0.4) is 0 Å². The van der Waals surface area contributed by atoms with Crippen LogP contribution in [-0.4, -0.2) is 16.3 Å². The van der Waals surface area contributed by atoms with Gasteiger partial charge in [-0.3, -0.25) is 4.98 Å². The molecule has 0 radical (unpaired) electrons. The van der Waals surface area contributed by atoms with E-state index in [-0.39, 0.29) is 11.5 Å². The number of ether oxygens (including phenoxy) is 1. The van der Waals surface area contributed by atoms with Gasteiger partial charge in [0.05, 0.1) is 11.9 Å². The lowest BCUT2D eigenvalue weighted by Gasteiger charge is -2.33. The zero-order valence-electron chi connectivity index (χ0n) is 18.4. The Morgan fingerprint density at radius 2 is 1.90 bits per heavy atom. The SMILES string of the molecule is CC1CCC(C)C(OC(=Nc2cccnc2)SCc2ccc(C(C)(C)C)cc2)C1. The van der Waals surface area contributed by atoms with Gasteiger partial charge in [0.2, 0.25) is 0 Å². The highest BCUT2D eigenvalue weighted by Crippen LogP contribution is 2.32. The third-order valence-electron chi connectivity index (χ3n) is 5.68. The minimum atomic E-state index is 0.176. The van der Waals surface area contributed by atoms with Gasteiger partial charge in [-0.15, -0.1) is 0 Å². The van der Waals surface area contributed by atoms with Crippen molar-refractivity contribution >= 4 is 22.7 Å². The average Bonchev–Trinajstić information content (AvgIpc) is 2.69. The molecule has 3 nitrogen and oxygen atoms in total. The smallest absolute Gasteiger partial charge is 0.251 e. The van der Waals surface area contributed by atoms with Crippen LogP contribution in [0.1, 0.15) is 65.0 Å². The predicted octanol–water partition coefficient (Wildman–Crippen LogP) is 7.14. The Morgan fingerprint density at radius 1 is 1.14 bits per heavy atom. The van der Waals surface area contributed by atoms with E-state index in [0.717, 1.165) is 23.1 Å². The fourth-order valence-electron chi connectivity index (χ4n) is 3.64. The van der Waals surface area contributed by atoms with E-state index in [0.29, 0.717) is 11.8 Å². The van der Waals surface area contributed by atoms with Crippen LogP contribution in [0.15, 0.2) is 53.8 Å². The summed E-state index contributed by atoms with van der Waals surface area (Å²) in [6, 6.07) is 12.8. The summed E-state index contributed by atoms with van der Waals surface area (Å²) in [7, 11) is 0. The zero-order valence-corrected chi connectivity index (χ0v) is 19.2. The van der Waals surface area contributed by atoms with E-state index >= 15 is 0 Å². The Hall–Kier alpha value is -1.81. The molecule has 0 saturated heterocycles. The average molecular weight is 411 g/mol. The lowest BCUT2D eigenvalue weighted by molar-refractivity contribution is 0.0731. The number of aliphatic imine (C=N–C) groups is 1. The number of aromatic nitrogens is 1. The molecule has 0 aliphatic heterocycles.